The number of sulfonamides is 1. The fraction of sp³-hybridized carbons (Fsp3) is 0.344. The van der Waals surface area contributed by atoms with Crippen molar-refractivity contribution in [2.75, 3.05) is 11.0 Å². The van der Waals surface area contributed by atoms with Crippen LogP contribution in [0.15, 0.2) is 48.5 Å². The van der Waals surface area contributed by atoms with Gasteiger partial charge < -0.3 is 15.2 Å². The number of aromatic nitrogens is 3. The van der Waals surface area contributed by atoms with Gasteiger partial charge in [0.05, 0.1) is 23.5 Å². The zero-order valence-electron chi connectivity index (χ0n) is 26.0. The van der Waals surface area contributed by atoms with Gasteiger partial charge in [-0.05, 0) is 82.9 Å². The second-order valence-corrected chi connectivity index (χ2v) is 13.9. The third-order valence-corrected chi connectivity index (χ3v) is 6.81. The summed E-state index contributed by atoms with van der Waals surface area (Å²) < 4.78 is 62.1. The van der Waals surface area contributed by atoms with Crippen LogP contribution in [0.1, 0.15) is 57.6 Å². The third kappa shape index (κ3) is 8.99. The summed E-state index contributed by atoms with van der Waals surface area (Å²) in [4.78, 5) is 17.9. The number of para-hydroxylation sites is 1. The molecule has 2 aromatic carbocycles. The number of halogens is 2. The molecule has 1 atom stereocenters. The molecule has 2 heterocycles. The maximum atomic E-state index is 14.3. The Bertz CT molecular complexity index is 1910. The Morgan fingerprint density at radius 2 is 1.73 bits per heavy atom. The first-order valence-electron chi connectivity index (χ1n) is 13.9. The molecule has 45 heavy (non-hydrogen) atoms. The van der Waals surface area contributed by atoms with E-state index in [0.717, 1.165) is 24.5 Å². The number of nitrogens with zero attached hydrogens (tertiary/aromatic N) is 3. The Labute approximate surface area is 260 Å². The molecule has 0 fully saturated rings. The number of amides is 1. The molecule has 3 N–H and O–H groups in total. The van der Waals surface area contributed by atoms with Gasteiger partial charge in [0.15, 0.2) is 5.82 Å². The second kappa shape index (κ2) is 12.5. The average Bonchev–Trinajstić information content (AvgIpc) is 3.18. The smallest absolute Gasteiger partial charge is 0.408 e. The van der Waals surface area contributed by atoms with E-state index in [1.54, 1.807) is 58.2 Å². The number of alkyl carbamates (subject to hydrolysis) is 1. The van der Waals surface area contributed by atoms with Crippen LogP contribution < -0.4 is 10.0 Å². The number of pyridine rings is 1. The summed E-state index contributed by atoms with van der Waals surface area (Å²) >= 11 is 0. The molecule has 0 bridgehead atoms. The van der Waals surface area contributed by atoms with Crippen LogP contribution in [-0.2, 0) is 28.2 Å². The maximum absolute atomic E-state index is 14.3. The molecule has 13 heteroatoms. The van der Waals surface area contributed by atoms with Crippen molar-refractivity contribution in [3.05, 3.63) is 77.1 Å². The monoisotopic (exact) mass is 639 g/mol. The highest BCUT2D eigenvalue weighted by Crippen LogP contribution is 2.36. The van der Waals surface area contributed by atoms with Gasteiger partial charge in [0.1, 0.15) is 28.5 Å². The van der Waals surface area contributed by atoms with Gasteiger partial charge in [0.2, 0.25) is 10.0 Å². The van der Waals surface area contributed by atoms with E-state index in [2.05, 4.69) is 27.0 Å². The number of anilines is 1. The molecule has 238 valence electrons. The molecule has 1 unspecified atom stereocenters. The maximum Gasteiger partial charge on any atom is 0.408 e. The number of ether oxygens (including phenoxy) is 1. The van der Waals surface area contributed by atoms with Crippen molar-refractivity contribution in [3.8, 4) is 23.0 Å². The topological polar surface area (TPSA) is 135 Å². The van der Waals surface area contributed by atoms with Crippen molar-refractivity contribution < 1.29 is 31.8 Å². The summed E-state index contributed by atoms with van der Waals surface area (Å²) in [6, 6.07) is 10.7. The molecule has 4 aromatic rings. The highest BCUT2D eigenvalue weighted by Gasteiger charge is 2.27. The number of hydrogen-bond donors (Lipinski definition) is 3. The number of hydrogen-bond acceptors (Lipinski definition) is 7. The van der Waals surface area contributed by atoms with E-state index in [0.29, 0.717) is 22.0 Å². The highest BCUT2D eigenvalue weighted by atomic mass is 32.2. The predicted octanol–water partition coefficient (Wildman–Crippen LogP) is 5.22. The summed E-state index contributed by atoms with van der Waals surface area (Å²) in [5.41, 5.74) is 0.239. The lowest BCUT2D eigenvalue weighted by Crippen LogP contribution is -2.36. The molecule has 0 aliphatic heterocycles. The highest BCUT2D eigenvalue weighted by molar-refractivity contribution is 7.92. The molecule has 0 saturated heterocycles. The summed E-state index contributed by atoms with van der Waals surface area (Å²) in [5.74, 6) is 4.11. The van der Waals surface area contributed by atoms with Gasteiger partial charge in [0, 0.05) is 29.6 Å². The molecule has 2 aromatic heterocycles. The number of carbonyl (C=O) groups excluding carboxylic acids is 1. The molecule has 0 radical (unpaired) electrons. The van der Waals surface area contributed by atoms with E-state index in [1.807, 2.05) is 0 Å². The zero-order valence-corrected chi connectivity index (χ0v) is 26.8. The van der Waals surface area contributed by atoms with Crippen molar-refractivity contribution in [2.24, 2.45) is 7.05 Å². The minimum absolute atomic E-state index is 0.0848. The van der Waals surface area contributed by atoms with E-state index in [-0.39, 0.29) is 29.2 Å². The minimum atomic E-state index is -3.65. The van der Waals surface area contributed by atoms with E-state index in [1.165, 1.54) is 18.5 Å². The summed E-state index contributed by atoms with van der Waals surface area (Å²) in [7, 11) is -1.99. The largest absolute Gasteiger partial charge is 0.444 e. The van der Waals surface area contributed by atoms with Crippen LogP contribution in [0.5, 0.6) is 0 Å². The molecule has 0 saturated carbocycles. The minimum Gasteiger partial charge on any atom is -0.444 e. The molecular weight excluding hydrogens is 604 g/mol. The van der Waals surface area contributed by atoms with Gasteiger partial charge in [-0.15, -0.1) is 0 Å². The van der Waals surface area contributed by atoms with E-state index in [4.69, 9.17) is 9.72 Å². The first-order valence-corrected chi connectivity index (χ1v) is 15.8. The van der Waals surface area contributed by atoms with Crippen molar-refractivity contribution in [3.63, 3.8) is 0 Å². The van der Waals surface area contributed by atoms with Gasteiger partial charge >= 0.3 is 6.09 Å². The molecule has 1 amide bonds. The lowest BCUT2D eigenvalue weighted by Gasteiger charge is -2.25. The van der Waals surface area contributed by atoms with Crippen LogP contribution in [0.4, 0.5) is 19.4 Å². The van der Waals surface area contributed by atoms with Crippen LogP contribution in [0.3, 0.4) is 0 Å². The van der Waals surface area contributed by atoms with Crippen LogP contribution in [0, 0.1) is 23.5 Å². The first kappa shape index (κ1) is 33.4. The van der Waals surface area contributed by atoms with Gasteiger partial charge in [-0.25, -0.2) is 27.0 Å². The molecule has 4 rings (SSSR count). The Balaban J connectivity index is 1.98. The van der Waals surface area contributed by atoms with E-state index in [9.17, 15) is 27.1 Å². The van der Waals surface area contributed by atoms with E-state index >= 15 is 0 Å². The summed E-state index contributed by atoms with van der Waals surface area (Å²) in [5, 5.41) is 17.9. The summed E-state index contributed by atoms with van der Waals surface area (Å²) in [6.07, 6.45) is 0.150. The normalized spacial score (nSPS) is 12.8. The number of carbonyl (C=O) groups is 1. The average molecular weight is 640 g/mol. The number of nitrogens with one attached hydrogen (secondary N) is 2. The van der Waals surface area contributed by atoms with Gasteiger partial charge in [-0.3, -0.25) is 9.40 Å². The van der Waals surface area contributed by atoms with Crippen molar-refractivity contribution in [1.29, 1.82) is 0 Å². The molecular formula is C32H35F2N5O5S. The Morgan fingerprint density at radius 1 is 1.07 bits per heavy atom. The quantitative estimate of drug-likeness (QED) is 0.236. The number of rotatable bonds is 7. The second-order valence-electron chi connectivity index (χ2n) is 12.2. The van der Waals surface area contributed by atoms with Crippen LogP contribution in [-0.4, -0.2) is 51.8 Å². The fourth-order valence-corrected chi connectivity index (χ4v) is 5.19. The number of aliphatic hydroxyl groups is 1. The van der Waals surface area contributed by atoms with E-state index < -0.39 is 45.0 Å². The zero-order chi connectivity index (χ0) is 33.3. The molecule has 10 nitrogen and oxygen atoms in total. The van der Waals surface area contributed by atoms with Crippen molar-refractivity contribution >= 4 is 32.8 Å². The number of fused-ring (bicyclic) bond motifs is 1. The predicted molar refractivity (Wildman–Crippen MR) is 168 cm³/mol. The van der Waals surface area contributed by atoms with Gasteiger partial charge in [-0.1, -0.05) is 18.1 Å². The van der Waals surface area contributed by atoms with Crippen LogP contribution in [0.25, 0.3) is 22.0 Å². The Morgan fingerprint density at radius 3 is 2.33 bits per heavy atom. The SMILES string of the molecule is Cn1nc(NS(C)(=O)=O)c2cccc(-c3ccc(C#CC(C)(C)O)nc3C(Cc3cc(F)cc(F)c3)NC(=O)OC(C)(C)C)c21. The fourth-order valence-electron chi connectivity index (χ4n) is 4.69. The number of benzene rings is 2. The third-order valence-electron chi connectivity index (χ3n) is 6.24. The number of aryl methyl sites for hydroxylation is 1. The lowest BCUT2D eigenvalue weighted by molar-refractivity contribution is 0.0502. The Kier molecular flexibility index (Phi) is 9.23. The standard InChI is InChI=1S/C32H35F2N5O5S/c1-31(2,3)44-30(40)36-26(17-19-15-20(33)18-21(34)16-19)27-23(12-11-22(35-27)13-14-32(4,5)41)24-9-8-10-25-28(24)39(6)37-29(25)38-45(7,42)43/h8-12,15-16,18,26,41H,17H2,1-7H3,(H,36,40)(H,37,38). The Hall–Kier alpha value is -4.54. The molecule has 0 aliphatic carbocycles. The van der Waals surface area contributed by atoms with Gasteiger partial charge in [0.25, 0.3) is 0 Å². The first-order chi connectivity index (χ1) is 20.8. The summed E-state index contributed by atoms with van der Waals surface area (Å²) in [6.45, 7) is 8.14. The molecule has 0 spiro atoms. The van der Waals surface area contributed by atoms with Gasteiger partial charge in [-0.2, -0.15) is 5.10 Å². The van der Waals surface area contributed by atoms with Crippen molar-refractivity contribution in [1.82, 2.24) is 20.1 Å². The van der Waals surface area contributed by atoms with Crippen molar-refractivity contribution in [2.45, 2.75) is 58.3 Å². The molecule has 0 aliphatic rings. The van der Waals surface area contributed by atoms with Crippen LogP contribution in [0.2, 0.25) is 0 Å². The lowest BCUT2D eigenvalue weighted by atomic mass is 9.94. The van der Waals surface area contributed by atoms with Crippen LogP contribution >= 0.6 is 0 Å².